The first-order valence-corrected chi connectivity index (χ1v) is 10.6. The molecule has 154 valence electrons. The van der Waals surface area contributed by atoms with Crippen molar-refractivity contribution in [2.45, 2.75) is 20.1 Å². The van der Waals surface area contributed by atoms with Crippen LogP contribution in [0.15, 0.2) is 66.1 Å². The minimum Gasteiger partial charge on any atom is -0.487 e. The largest absolute Gasteiger partial charge is 0.487 e. The topological polar surface area (TPSA) is 75.3 Å². The number of aryl methyl sites for hydroxylation is 1. The summed E-state index contributed by atoms with van der Waals surface area (Å²) in [7, 11) is 0. The second-order valence-corrected chi connectivity index (χ2v) is 7.80. The van der Waals surface area contributed by atoms with Crippen molar-refractivity contribution in [2.24, 2.45) is 0 Å². The molecule has 0 saturated carbocycles. The van der Waals surface area contributed by atoms with E-state index in [4.69, 9.17) is 17.0 Å². The third-order valence-corrected chi connectivity index (χ3v) is 5.02. The number of ether oxygens (including phenoxy) is 1. The Hall–Kier alpha value is -3.23. The molecule has 0 fully saturated rings. The molecule has 0 aliphatic heterocycles. The summed E-state index contributed by atoms with van der Waals surface area (Å²) in [6.07, 6.45) is 3.14. The van der Waals surface area contributed by atoms with E-state index in [0.29, 0.717) is 18.3 Å². The zero-order valence-electron chi connectivity index (χ0n) is 16.4. The Morgan fingerprint density at radius 1 is 1.13 bits per heavy atom. The van der Waals surface area contributed by atoms with E-state index in [9.17, 15) is 4.79 Å². The summed E-state index contributed by atoms with van der Waals surface area (Å²) < 4.78 is 5.72. The Balaban J connectivity index is 1.38. The summed E-state index contributed by atoms with van der Waals surface area (Å²) in [5.74, 6) is 0.442. The van der Waals surface area contributed by atoms with Crippen LogP contribution >= 0.6 is 23.6 Å². The molecule has 0 radical (unpaired) electrons. The van der Waals surface area contributed by atoms with Crippen LogP contribution in [0.5, 0.6) is 5.75 Å². The third kappa shape index (κ3) is 7.31. The number of hydrogen-bond acceptors (Lipinski definition) is 5. The Kier molecular flexibility index (Phi) is 7.94. The second kappa shape index (κ2) is 11.1. The number of thiazole rings is 1. The van der Waals surface area contributed by atoms with Crippen LogP contribution in [0.2, 0.25) is 0 Å². The highest BCUT2D eigenvalue weighted by Gasteiger charge is 2.01. The SMILES string of the molecule is Cc1nc(COc2ccc(/C=C/C(=O)NNC(=S)NCc3ccccc3)cc2)cs1. The molecule has 8 heteroatoms. The summed E-state index contributed by atoms with van der Waals surface area (Å²) in [5.41, 5.74) is 8.11. The number of nitrogens with zero attached hydrogens (tertiary/aromatic N) is 1. The molecular formula is C22H22N4O2S2. The third-order valence-electron chi connectivity index (χ3n) is 3.96. The van der Waals surface area contributed by atoms with E-state index in [1.165, 1.54) is 6.08 Å². The van der Waals surface area contributed by atoms with Crippen LogP contribution in [0, 0.1) is 6.92 Å². The van der Waals surface area contributed by atoms with Gasteiger partial charge in [0.1, 0.15) is 12.4 Å². The Bertz CT molecular complexity index is 1000. The predicted octanol–water partition coefficient (Wildman–Crippen LogP) is 3.74. The van der Waals surface area contributed by atoms with Crippen molar-refractivity contribution in [1.29, 1.82) is 0 Å². The standard InChI is InChI=1S/C22H22N4O2S2/c1-16-24-19(15-30-16)14-28-20-10-7-17(8-11-20)9-12-21(27)25-26-22(29)23-13-18-5-3-2-4-6-18/h2-12,15H,13-14H2,1H3,(H,25,27)(H2,23,26,29)/b12-9+. The number of aromatic nitrogens is 1. The lowest BCUT2D eigenvalue weighted by molar-refractivity contribution is -0.116. The van der Waals surface area contributed by atoms with E-state index < -0.39 is 0 Å². The summed E-state index contributed by atoms with van der Waals surface area (Å²) in [6, 6.07) is 17.3. The zero-order chi connectivity index (χ0) is 21.2. The van der Waals surface area contributed by atoms with E-state index in [1.807, 2.05) is 66.9 Å². The van der Waals surface area contributed by atoms with Gasteiger partial charge in [-0.15, -0.1) is 11.3 Å². The minimum absolute atomic E-state index is 0.307. The van der Waals surface area contributed by atoms with Crippen LogP contribution in [0.1, 0.15) is 21.8 Å². The van der Waals surface area contributed by atoms with Crippen molar-refractivity contribution < 1.29 is 9.53 Å². The van der Waals surface area contributed by atoms with Gasteiger partial charge in [0, 0.05) is 18.0 Å². The molecule has 0 unspecified atom stereocenters. The van der Waals surface area contributed by atoms with Gasteiger partial charge in [0.25, 0.3) is 5.91 Å². The van der Waals surface area contributed by atoms with Crippen LogP contribution in [0.3, 0.4) is 0 Å². The lowest BCUT2D eigenvalue weighted by Crippen LogP contribution is -2.45. The number of nitrogens with one attached hydrogen (secondary N) is 3. The first-order valence-electron chi connectivity index (χ1n) is 9.28. The fourth-order valence-electron chi connectivity index (χ4n) is 2.46. The molecule has 0 atom stereocenters. The molecule has 0 aliphatic rings. The van der Waals surface area contributed by atoms with Crippen LogP contribution in [-0.4, -0.2) is 16.0 Å². The Morgan fingerprint density at radius 3 is 2.60 bits per heavy atom. The molecule has 2 aromatic carbocycles. The molecule has 0 aliphatic carbocycles. The normalized spacial score (nSPS) is 10.6. The van der Waals surface area contributed by atoms with Crippen LogP contribution in [0.25, 0.3) is 6.08 Å². The highest BCUT2D eigenvalue weighted by Crippen LogP contribution is 2.16. The van der Waals surface area contributed by atoms with Crippen molar-refractivity contribution in [3.8, 4) is 5.75 Å². The van der Waals surface area contributed by atoms with Crippen molar-refractivity contribution >= 4 is 40.7 Å². The van der Waals surface area contributed by atoms with Gasteiger partial charge in [-0.25, -0.2) is 4.98 Å². The predicted molar refractivity (Wildman–Crippen MR) is 124 cm³/mol. The van der Waals surface area contributed by atoms with E-state index in [2.05, 4.69) is 21.2 Å². The lowest BCUT2D eigenvalue weighted by Gasteiger charge is -2.10. The average molecular weight is 439 g/mol. The molecule has 0 spiro atoms. The highest BCUT2D eigenvalue weighted by atomic mass is 32.1. The van der Waals surface area contributed by atoms with Gasteiger partial charge in [0.15, 0.2) is 5.11 Å². The monoisotopic (exact) mass is 438 g/mol. The fraction of sp³-hybridized carbons (Fsp3) is 0.136. The molecule has 30 heavy (non-hydrogen) atoms. The van der Waals surface area contributed by atoms with Gasteiger partial charge in [-0.2, -0.15) is 0 Å². The lowest BCUT2D eigenvalue weighted by atomic mass is 10.2. The minimum atomic E-state index is -0.307. The summed E-state index contributed by atoms with van der Waals surface area (Å²) in [5, 5.41) is 6.38. The van der Waals surface area contributed by atoms with Crippen LogP contribution in [0.4, 0.5) is 0 Å². The number of thiocarbonyl (C=S) groups is 1. The molecule has 0 saturated heterocycles. The van der Waals surface area contributed by atoms with Gasteiger partial charge in [0.2, 0.25) is 0 Å². The van der Waals surface area contributed by atoms with Gasteiger partial charge in [-0.1, -0.05) is 42.5 Å². The van der Waals surface area contributed by atoms with Crippen molar-refractivity contribution in [1.82, 2.24) is 21.2 Å². The summed E-state index contributed by atoms with van der Waals surface area (Å²) >= 11 is 6.75. The first kappa shape index (κ1) is 21.5. The zero-order valence-corrected chi connectivity index (χ0v) is 18.1. The molecule has 0 bridgehead atoms. The molecule has 6 nitrogen and oxygen atoms in total. The van der Waals surface area contributed by atoms with Gasteiger partial charge >= 0.3 is 0 Å². The Morgan fingerprint density at radius 2 is 1.90 bits per heavy atom. The molecule has 1 heterocycles. The average Bonchev–Trinajstić information content (AvgIpc) is 3.20. The first-order chi connectivity index (χ1) is 14.6. The maximum absolute atomic E-state index is 11.9. The number of benzene rings is 2. The maximum Gasteiger partial charge on any atom is 0.262 e. The number of amides is 1. The number of rotatable bonds is 7. The van der Waals surface area contributed by atoms with Crippen molar-refractivity contribution in [3.05, 3.63) is 87.9 Å². The molecule has 3 aromatic rings. The highest BCUT2D eigenvalue weighted by molar-refractivity contribution is 7.80. The van der Waals surface area contributed by atoms with E-state index >= 15 is 0 Å². The summed E-state index contributed by atoms with van der Waals surface area (Å²) in [6.45, 7) is 2.98. The summed E-state index contributed by atoms with van der Waals surface area (Å²) in [4.78, 5) is 16.3. The quantitative estimate of drug-likeness (QED) is 0.296. The van der Waals surface area contributed by atoms with Crippen molar-refractivity contribution in [3.63, 3.8) is 0 Å². The number of carbonyl (C=O) groups excluding carboxylic acids is 1. The molecule has 1 amide bonds. The van der Waals surface area contributed by atoms with E-state index in [1.54, 1.807) is 17.4 Å². The molecule has 3 rings (SSSR count). The van der Waals surface area contributed by atoms with Gasteiger partial charge < -0.3 is 10.1 Å². The Labute approximate surface area is 185 Å². The van der Waals surface area contributed by atoms with Crippen LogP contribution < -0.4 is 20.9 Å². The van der Waals surface area contributed by atoms with E-state index in [-0.39, 0.29) is 5.91 Å². The molecular weight excluding hydrogens is 416 g/mol. The van der Waals surface area contributed by atoms with Gasteiger partial charge in [-0.05, 0) is 48.5 Å². The number of carbonyl (C=O) groups is 1. The smallest absolute Gasteiger partial charge is 0.262 e. The fourth-order valence-corrected chi connectivity index (χ4v) is 3.18. The van der Waals surface area contributed by atoms with E-state index in [0.717, 1.165) is 27.6 Å². The number of hydrazine groups is 1. The maximum atomic E-state index is 11.9. The van der Waals surface area contributed by atoms with Crippen molar-refractivity contribution in [2.75, 3.05) is 0 Å². The molecule has 1 aromatic heterocycles. The second-order valence-electron chi connectivity index (χ2n) is 6.33. The van der Waals surface area contributed by atoms with Crippen LogP contribution in [-0.2, 0) is 17.9 Å². The molecule has 3 N–H and O–H groups in total. The number of hydrogen-bond donors (Lipinski definition) is 3. The van der Waals surface area contributed by atoms with Gasteiger partial charge in [0.05, 0.1) is 10.7 Å². The van der Waals surface area contributed by atoms with Gasteiger partial charge in [-0.3, -0.25) is 15.6 Å².